The summed E-state index contributed by atoms with van der Waals surface area (Å²) in [5.41, 5.74) is 2.55. The number of nitrogens with one attached hydrogen (secondary N) is 1. The van der Waals surface area contributed by atoms with E-state index in [9.17, 15) is 14.4 Å². The Bertz CT molecular complexity index is 1090. The number of benzene rings is 2. The third-order valence-electron chi connectivity index (χ3n) is 5.61. The van der Waals surface area contributed by atoms with Gasteiger partial charge in [0.05, 0.1) is 20.1 Å². The molecule has 8 nitrogen and oxygen atoms in total. The molecule has 1 fully saturated rings. The zero-order valence-corrected chi connectivity index (χ0v) is 19.8. The number of fused-ring (bicyclic) bond motifs is 1. The maximum absolute atomic E-state index is 13.0. The molecule has 2 heterocycles. The molecule has 1 N–H and O–H groups in total. The van der Waals surface area contributed by atoms with Gasteiger partial charge < -0.3 is 19.5 Å². The molecule has 0 unspecified atom stereocenters. The minimum atomic E-state index is -0.685. The first-order valence-electron chi connectivity index (χ1n) is 10.8. The summed E-state index contributed by atoms with van der Waals surface area (Å²) in [6.07, 6.45) is 0.184. The van der Waals surface area contributed by atoms with Gasteiger partial charge in [0.15, 0.2) is 0 Å². The number of ether oxygens (including phenoxy) is 3. The lowest BCUT2D eigenvalue weighted by atomic mass is 10.0. The van der Waals surface area contributed by atoms with Gasteiger partial charge in [0.1, 0.15) is 29.5 Å². The van der Waals surface area contributed by atoms with Crippen LogP contribution in [0.5, 0.6) is 5.75 Å². The standard InChI is InChI=1S/C25H26N2O6S/c1-31-14-18-15-34-24-21(26-20(28)12-16-6-4-3-5-7-16)23(29)27(24)22(18)25(30)33-13-17-8-10-19(32-2)11-9-17/h3-11,21,24H,12-15H2,1-2H3,(H,26,28)/t21-,24-/m1/s1. The number of nitrogens with zero attached hydrogens (tertiary/aromatic N) is 1. The normalized spacial score (nSPS) is 19.2. The first-order chi connectivity index (χ1) is 16.5. The number of carbonyl (C=O) groups is 3. The second-order valence-corrected chi connectivity index (χ2v) is 9.03. The summed E-state index contributed by atoms with van der Waals surface area (Å²) >= 11 is 1.49. The van der Waals surface area contributed by atoms with Crippen LogP contribution in [0.1, 0.15) is 11.1 Å². The molecule has 2 amide bonds. The summed E-state index contributed by atoms with van der Waals surface area (Å²) in [5, 5.41) is 2.46. The zero-order chi connectivity index (χ0) is 24.1. The van der Waals surface area contributed by atoms with E-state index >= 15 is 0 Å². The van der Waals surface area contributed by atoms with Crippen molar-refractivity contribution in [2.45, 2.75) is 24.4 Å². The molecule has 0 aliphatic carbocycles. The second kappa shape index (κ2) is 10.8. The van der Waals surface area contributed by atoms with Gasteiger partial charge in [0.25, 0.3) is 5.91 Å². The third-order valence-corrected chi connectivity index (χ3v) is 6.95. The monoisotopic (exact) mass is 482 g/mol. The minimum absolute atomic E-state index is 0.0592. The van der Waals surface area contributed by atoms with Gasteiger partial charge in [-0.3, -0.25) is 14.5 Å². The first kappa shape index (κ1) is 23.8. The predicted molar refractivity (Wildman–Crippen MR) is 127 cm³/mol. The van der Waals surface area contributed by atoms with Crippen LogP contribution in [0.4, 0.5) is 0 Å². The summed E-state index contributed by atoms with van der Waals surface area (Å²) in [6, 6.07) is 15.8. The van der Waals surface area contributed by atoms with Gasteiger partial charge in [-0.2, -0.15) is 0 Å². The van der Waals surface area contributed by atoms with Crippen LogP contribution in [0.25, 0.3) is 0 Å². The zero-order valence-electron chi connectivity index (χ0n) is 19.0. The summed E-state index contributed by atoms with van der Waals surface area (Å²) in [6.45, 7) is 0.269. The van der Waals surface area contributed by atoms with Crippen LogP contribution < -0.4 is 10.1 Å². The van der Waals surface area contributed by atoms with Crippen LogP contribution in [0, 0.1) is 0 Å². The van der Waals surface area contributed by atoms with E-state index < -0.39 is 12.0 Å². The Balaban J connectivity index is 1.43. The van der Waals surface area contributed by atoms with E-state index in [1.54, 1.807) is 19.2 Å². The molecule has 0 bridgehead atoms. The number of β-lactam (4-membered cyclic amide) rings is 1. The highest BCUT2D eigenvalue weighted by Crippen LogP contribution is 2.40. The van der Waals surface area contributed by atoms with Crippen LogP contribution in [-0.4, -0.2) is 60.7 Å². The van der Waals surface area contributed by atoms with Crippen LogP contribution in [0.15, 0.2) is 65.9 Å². The highest BCUT2D eigenvalue weighted by atomic mass is 32.2. The molecule has 34 heavy (non-hydrogen) atoms. The van der Waals surface area contributed by atoms with E-state index in [1.807, 2.05) is 42.5 Å². The van der Waals surface area contributed by atoms with E-state index in [1.165, 1.54) is 23.8 Å². The fraction of sp³-hybridized carbons (Fsp3) is 0.320. The lowest BCUT2D eigenvalue weighted by Gasteiger charge is -2.49. The van der Waals surface area contributed by atoms with Gasteiger partial charge in [-0.05, 0) is 28.8 Å². The average molecular weight is 483 g/mol. The van der Waals surface area contributed by atoms with Crippen molar-refractivity contribution in [2.75, 3.05) is 26.6 Å². The Labute approximate surface area is 202 Å². The largest absolute Gasteiger partial charge is 0.497 e. The van der Waals surface area contributed by atoms with Gasteiger partial charge >= 0.3 is 5.97 Å². The molecule has 2 aromatic carbocycles. The van der Waals surface area contributed by atoms with Crippen molar-refractivity contribution >= 4 is 29.5 Å². The summed E-state index contributed by atoms with van der Waals surface area (Å²) in [7, 11) is 3.12. The highest BCUT2D eigenvalue weighted by molar-refractivity contribution is 8.00. The number of rotatable bonds is 9. The van der Waals surface area contributed by atoms with Crippen molar-refractivity contribution in [1.29, 1.82) is 0 Å². The third kappa shape index (κ3) is 5.10. The van der Waals surface area contributed by atoms with Crippen LogP contribution in [-0.2, 0) is 36.9 Å². The van der Waals surface area contributed by atoms with E-state index in [-0.39, 0.29) is 42.5 Å². The smallest absolute Gasteiger partial charge is 0.355 e. The predicted octanol–water partition coefficient (Wildman–Crippen LogP) is 2.28. The molecular weight excluding hydrogens is 456 g/mol. The SMILES string of the molecule is COCC1=C(C(=O)OCc2ccc(OC)cc2)N2C(=O)[C@@H](NC(=O)Cc3ccccc3)[C@H]2SC1. The number of amides is 2. The number of esters is 1. The van der Waals surface area contributed by atoms with Crippen molar-refractivity contribution < 1.29 is 28.6 Å². The Morgan fingerprint density at radius 1 is 1.03 bits per heavy atom. The van der Waals surface area contributed by atoms with E-state index in [0.717, 1.165) is 11.1 Å². The van der Waals surface area contributed by atoms with Crippen molar-refractivity contribution in [3.8, 4) is 5.75 Å². The number of methoxy groups -OCH3 is 2. The maximum atomic E-state index is 13.0. The van der Waals surface area contributed by atoms with Gasteiger partial charge in [0.2, 0.25) is 5.91 Å². The Morgan fingerprint density at radius 2 is 1.76 bits per heavy atom. The van der Waals surface area contributed by atoms with Crippen molar-refractivity contribution in [3.05, 3.63) is 77.0 Å². The maximum Gasteiger partial charge on any atom is 0.355 e. The fourth-order valence-electron chi connectivity index (χ4n) is 3.90. The quantitative estimate of drug-likeness (QED) is 0.433. The molecule has 0 aromatic heterocycles. The molecule has 2 atom stereocenters. The van der Waals surface area contributed by atoms with Crippen molar-refractivity contribution in [3.63, 3.8) is 0 Å². The van der Waals surface area contributed by atoms with Gasteiger partial charge in [-0.15, -0.1) is 11.8 Å². The van der Waals surface area contributed by atoms with E-state index in [2.05, 4.69) is 5.32 Å². The molecule has 178 valence electrons. The van der Waals surface area contributed by atoms with Crippen LogP contribution in [0.3, 0.4) is 0 Å². The number of hydrogen-bond acceptors (Lipinski definition) is 7. The lowest BCUT2D eigenvalue weighted by molar-refractivity contribution is -0.153. The van der Waals surface area contributed by atoms with Crippen molar-refractivity contribution in [1.82, 2.24) is 10.2 Å². The van der Waals surface area contributed by atoms with Gasteiger partial charge in [-0.25, -0.2) is 4.79 Å². The Kier molecular flexibility index (Phi) is 7.54. The topological polar surface area (TPSA) is 94.2 Å². The van der Waals surface area contributed by atoms with Gasteiger partial charge in [-0.1, -0.05) is 42.5 Å². The number of hydrogen-bond donors (Lipinski definition) is 1. The average Bonchev–Trinajstić information content (AvgIpc) is 2.86. The van der Waals surface area contributed by atoms with E-state index in [0.29, 0.717) is 17.1 Å². The molecule has 2 aromatic rings. The molecule has 2 aliphatic heterocycles. The van der Waals surface area contributed by atoms with Crippen LogP contribution in [0.2, 0.25) is 0 Å². The second-order valence-electron chi connectivity index (χ2n) is 7.93. The Hall–Kier alpha value is -3.30. The lowest BCUT2D eigenvalue weighted by Crippen LogP contribution is -2.70. The molecule has 0 saturated carbocycles. The highest BCUT2D eigenvalue weighted by Gasteiger charge is 2.54. The summed E-state index contributed by atoms with van der Waals surface area (Å²) < 4.78 is 15.9. The summed E-state index contributed by atoms with van der Waals surface area (Å²) in [4.78, 5) is 40.0. The Morgan fingerprint density at radius 3 is 2.44 bits per heavy atom. The molecule has 4 rings (SSSR count). The minimum Gasteiger partial charge on any atom is -0.497 e. The molecular formula is C25H26N2O6S. The molecule has 0 radical (unpaired) electrons. The fourth-order valence-corrected chi connectivity index (χ4v) is 5.23. The first-order valence-corrected chi connectivity index (χ1v) is 11.9. The van der Waals surface area contributed by atoms with E-state index in [4.69, 9.17) is 14.2 Å². The number of carbonyl (C=O) groups excluding carboxylic acids is 3. The molecule has 1 saturated heterocycles. The van der Waals surface area contributed by atoms with Crippen molar-refractivity contribution in [2.24, 2.45) is 0 Å². The summed E-state index contributed by atoms with van der Waals surface area (Å²) in [5.74, 6) is 0.0541. The molecule has 0 spiro atoms. The molecule has 9 heteroatoms. The number of thioether (sulfide) groups is 1. The van der Waals surface area contributed by atoms with Gasteiger partial charge in [0, 0.05) is 12.9 Å². The molecule has 2 aliphatic rings. The van der Waals surface area contributed by atoms with Crippen LogP contribution >= 0.6 is 11.8 Å².